The van der Waals surface area contributed by atoms with Crippen molar-refractivity contribution < 1.29 is 0 Å². The molecule has 0 aliphatic heterocycles. The number of halogens is 1. The maximum Gasteiger partial charge on any atom is 0.229 e. The topological polar surface area (TPSA) is 67.9 Å². The molecule has 1 aromatic carbocycles. The molecule has 2 rings (SSSR count). The zero-order valence-electron chi connectivity index (χ0n) is 11.4. The molecule has 0 radical (unpaired) electrons. The van der Waals surface area contributed by atoms with Gasteiger partial charge >= 0.3 is 0 Å². The third kappa shape index (κ3) is 4.35. The van der Waals surface area contributed by atoms with Crippen molar-refractivity contribution in [3.8, 4) is 0 Å². The van der Waals surface area contributed by atoms with Crippen LogP contribution in [-0.4, -0.2) is 29.0 Å². The van der Waals surface area contributed by atoms with E-state index in [1.807, 2.05) is 31.1 Å². The number of nitrogen functional groups attached to an aromatic ring is 1. The largest absolute Gasteiger partial charge is 0.368 e. The van der Waals surface area contributed by atoms with Gasteiger partial charge in [-0.1, -0.05) is 28.1 Å². The molecule has 20 heavy (non-hydrogen) atoms. The minimum Gasteiger partial charge on any atom is -0.368 e. The van der Waals surface area contributed by atoms with Gasteiger partial charge in [-0.15, -0.1) is 11.8 Å². The number of hydrogen-bond donors (Lipinski definition) is 1. The van der Waals surface area contributed by atoms with E-state index in [4.69, 9.17) is 5.73 Å². The zero-order valence-corrected chi connectivity index (χ0v) is 13.8. The number of rotatable bonds is 5. The Morgan fingerprint density at radius 3 is 2.45 bits per heavy atom. The van der Waals surface area contributed by atoms with Gasteiger partial charge in [0.1, 0.15) is 5.82 Å². The average Bonchev–Trinajstić information content (AvgIpc) is 2.40. The molecule has 0 aliphatic carbocycles. The minimum absolute atomic E-state index is 0.267. The molecule has 0 saturated heterocycles. The van der Waals surface area contributed by atoms with E-state index in [0.717, 1.165) is 10.2 Å². The summed E-state index contributed by atoms with van der Waals surface area (Å²) in [4.78, 5) is 14.4. The Morgan fingerprint density at radius 1 is 1.10 bits per heavy atom. The van der Waals surface area contributed by atoms with Gasteiger partial charge in [0.25, 0.3) is 0 Å². The van der Waals surface area contributed by atoms with Crippen molar-refractivity contribution in [1.29, 1.82) is 0 Å². The normalized spacial score (nSPS) is 10.6. The van der Waals surface area contributed by atoms with Gasteiger partial charge in [-0.05, 0) is 17.7 Å². The van der Waals surface area contributed by atoms with Gasteiger partial charge in [-0.3, -0.25) is 0 Å². The molecule has 1 heterocycles. The van der Waals surface area contributed by atoms with Gasteiger partial charge in [0.15, 0.2) is 0 Å². The second-order valence-corrected chi connectivity index (χ2v) is 6.32. The van der Waals surface area contributed by atoms with Crippen LogP contribution in [0.5, 0.6) is 0 Å². The molecule has 0 unspecified atom stereocenters. The first-order valence-corrected chi connectivity index (χ1v) is 7.99. The number of thioether (sulfide) groups is 1. The van der Waals surface area contributed by atoms with Crippen molar-refractivity contribution in [2.45, 2.75) is 11.5 Å². The Bertz CT molecular complexity index is 573. The molecule has 106 valence electrons. The maximum atomic E-state index is 5.69. The first-order chi connectivity index (χ1) is 9.54. The summed E-state index contributed by atoms with van der Waals surface area (Å²) in [6.07, 6.45) is 0. The van der Waals surface area contributed by atoms with E-state index in [9.17, 15) is 0 Å². The second-order valence-electron chi connectivity index (χ2n) is 4.42. The van der Waals surface area contributed by atoms with E-state index in [1.54, 1.807) is 11.8 Å². The third-order valence-electron chi connectivity index (χ3n) is 2.50. The summed E-state index contributed by atoms with van der Waals surface area (Å²) in [6, 6.07) is 8.29. The van der Waals surface area contributed by atoms with Crippen LogP contribution < -0.4 is 10.6 Å². The third-order valence-corrected chi connectivity index (χ3v) is 4.03. The summed E-state index contributed by atoms with van der Waals surface area (Å²) in [5.74, 6) is 3.20. The van der Waals surface area contributed by atoms with Crippen LogP contribution in [0.3, 0.4) is 0 Å². The Kier molecular flexibility index (Phi) is 5.19. The van der Waals surface area contributed by atoms with Gasteiger partial charge in [0.2, 0.25) is 11.9 Å². The van der Waals surface area contributed by atoms with E-state index in [1.165, 1.54) is 5.56 Å². The minimum atomic E-state index is 0.267. The molecule has 0 aliphatic rings. The highest BCUT2D eigenvalue weighted by Gasteiger charge is 2.06. The van der Waals surface area contributed by atoms with Crippen LogP contribution >= 0.6 is 27.7 Å². The Balaban J connectivity index is 1.95. The second kappa shape index (κ2) is 6.90. The maximum absolute atomic E-state index is 5.69. The number of anilines is 2. The molecule has 0 bridgehead atoms. The van der Waals surface area contributed by atoms with Crippen LogP contribution in [0.25, 0.3) is 0 Å². The fourth-order valence-electron chi connectivity index (χ4n) is 1.53. The van der Waals surface area contributed by atoms with Crippen molar-refractivity contribution in [2.24, 2.45) is 0 Å². The van der Waals surface area contributed by atoms with Crippen molar-refractivity contribution in [2.75, 3.05) is 24.7 Å². The fraction of sp³-hybridized carbons (Fsp3) is 0.308. The van der Waals surface area contributed by atoms with E-state index in [-0.39, 0.29) is 5.95 Å². The first kappa shape index (κ1) is 15.1. The van der Waals surface area contributed by atoms with Crippen molar-refractivity contribution >= 4 is 39.6 Å². The van der Waals surface area contributed by atoms with Gasteiger partial charge in [0.05, 0.1) is 5.75 Å². The summed E-state index contributed by atoms with van der Waals surface area (Å²) >= 11 is 5.18. The lowest BCUT2D eigenvalue weighted by Crippen LogP contribution is -2.15. The molecule has 0 spiro atoms. The van der Waals surface area contributed by atoms with E-state index in [2.05, 4.69) is 43.0 Å². The number of benzene rings is 1. The Hall–Kier alpha value is -1.34. The van der Waals surface area contributed by atoms with Crippen LogP contribution in [0.4, 0.5) is 11.9 Å². The molecular formula is C13H16BrN5S. The van der Waals surface area contributed by atoms with Crippen LogP contribution in [0.15, 0.2) is 28.7 Å². The van der Waals surface area contributed by atoms with Gasteiger partial charge in [-0.2, -0.15) is 15.0 Å². The fourth-order valence-corrected chi connectivity index (χ4v) is 2.64. The molecule has 2 aromatic rings. The molecular weight excluding hydrogens is 338 g/mol. The summed E-state index contributed by atoms with van der Waals surface area (Å²) in [7, 11) is 3.76. The average molecular weight is 354 g/mol. The SMILES string of the molecule is CN(C)c1nc(N)nc(CSCc2ccc(Br)cc2)n1. The predicted octanol–water partition coefficient (Wildman–Crippen LogP) is 2.72. The summed E-state index contributed by atoms with van der Waals surface area (Å²) < 4.78 is 1.09. The highest BCUT2D eigenvalue weighted by Crippen LogP contribution is 2.19. The first-order valence-electron chi connectivity index (χ1n) is 6.04. The molecule has 5 nitrogen and oxygen atoms in total. The van der Waals surface area contributed by atoms with Crippen molar-refractivity contribution in [3.05, 3.63) is 40.1 Å². The standard InChI is InChI=1S/C13H16BrN5S/c1-19(2)13-17-11(16-12(15)18-13)8-20-7-9-3-5-10(14)6-4-9/h3-6H,7-8H2,1-2H3,(H2,15,16,17,18). The molecule has 0 atom stereocenters. The smallest absolute Gasteiger partial charge is 0.229 e. The van der Waals surface area contributed by atoms with Crippen LogP contribution in [-0.2, 0) is 11.5 Å². The van der Waals surface area contributed by atoms with Gasteiger partial charge < -0.3 is 10.6 Å². The van der Waals surface area contributed by atoms with Gasteiger partial charge in [-0.25, -0.2) is 0 Å². The lowest BCUT2D eigenvalue weighted by molar-refractivity contribution is 0.919. The Morgan fingerprint density at radius 2 is 1.80 bits per heavy atom. The molecule has 2 N–H and O–H groups in total. The molecule has 0 fully saturated rings. The lowest BCUT2D eigenvalue weighted by Gasteiger charge is -2.11. The summed E-state index contributed by atoms with van der Waals surface area (Å²) in [5.41, 5.74) is 6.96. The summed E-state index contributed by atoms with van der Waals surface area (Å²) in [5, 5.41) is 0. The number of aromatic nitrogens is 3. The number of hydrogen-bond acceptors (Lipinski definition) is 6. The quantitative estimate of drug-likeness (QED) is 0.891. The highest BCUT2D eigenvalue weighted by atomic mass is 79.9. The molecule has 7 heteroatoms. The molecule has 1 aromatic heterocycles. The van der Waals surface area contributed by atoms with E-state index < -0.39 is 0 Å². The Labute approximate surface area is 131 Å². The van der Waals surface area contributed by atoms with Crippen molar-refractivity contribution in [3.63, 3.8) is 0 Å². The van der Waals surface area contributed by atoms with Crippen molar-refractivity contribution in [1.82, 2.24) is 15.0 Å². The number of nitrogens with two attached hydrogens (primary N) is 1. The van der Waals surface area contributed by atoms with Crippen LogP contribution in [0.1, 0.15) is 11.4 Å². The molecule has 0 amide bonds. The lowest BCUT2D eigenvalue weighted by atomic mass is 10.2. The molecule has 0 saturated carbocycles. The van der Waals surface area contributed by atoms with Crippen LogP contribution in [0, 0.1) is 0 Å². The predicted molar refractivity (Wildman–Crippen MR) is 87.7 cm³/mol. The van der Waals surface area contributed by atoms with Gasteiger partial charge in [0, 0.05) is 24.3 Å². The van der Waals surface area contributed by atoms with Crippen LogP contribution in [0.2, 0.25) is 0 Å². The zero-order chi connectivity index (χ0) is 14.5. The highest BCUT2D eigenvalue weighted by molar-refractivity contribution is 9.10. The summed E-state index contributed by atoms with van der Waals surface area (Å²) in [6.45, 7) is 0. The monoisotopic (exact) mass is 353 g/mol. The van der Waals surface area contributed by atoms with E-state index >= 15 is 0 Å². The van der Waals surface area contributed by atoms with E-state index in [0.29, 0.717) is 17.5 Å². The number of nitrogens with zero attached hydrogens (tertiary/aromatic N) is 4.